The van der Waals surface area contributed by atoms with Crippen LogP contribution in [0.4, 0.5) is 11.9 Å². The van der Waals surface area contributed by atoms with Crippen molar-refractivity contribution in [1.29, 1.82) is 0 Å². The van der Waals surface area contributed by atoms with Gasteiger partial charge in [-0.1, -0.05) is 32.9 Å². The number of imidazole rings is 2. The van der Waals surface area contributed by atoms with Gasteiger partial charge in [-0.2, -0.15) is 5.10 Å². The van der Waals surface area contributed by atoms with Gasteiger partial charge in [0.2, 0.25) is 23.7 Å². The second-order valence-electron chi connectivity index (χ2n) is 14.9. The fourth-order valence-electron chi connectivity index (χ4n) is 6.17. The van der Waals surface area contributed by atoms with E-state index >= 15 is 0 Å². The van der Waals surface area contributed by atoms with Gasteiger partial charge in [-0.05, 0) is 62.3 Å². The number of aromatic nitrogens is 6. The molecular weight excluding hydrogens is 721 g/mol. The highest BCUT2D eigenvalue weighted by Gasteiger charge is 2.36. The van der Waals surface area contributed by atoms with Crippen LogP contribution in [0.25, 0.3) is 33.0 Å². The number of primary amides is 2. The first kappa shape index (κ1) is 38.8. The van der Waals surface area contributed by atoms with E-state index in [9.17, 15) is 14.4 Å². The molecule has 290 valence electrons. The summed E-state index contributed by atoms with van der Waals surface area (Å²) < 4.78 is 23.6. The number of ether oxygens (including phenoxy) is 1. The number of nitrogens with two attached hydrogens (primary N) is 3. The molecule has 2 aromatic carbocycles. The number of carbonyl (C=O) groups is 3. The van der Waals surface area contributed by atoms with Crippen LogP contribution in [-0.2, 0) is 24.1 Å². The van der Waals surface area contributed by atoms with Gasteiger partial charge in [0.1, 0.15) is 22.5 Å². The molecular formula is C38H48N10O6Si. The lowest BCUT2D eigenvalue weighted by Gasteiger charge is -2.36. The number of rotatable bonds is 15. The molecule has 0 radical (unpaired) electrons. The molecule has 17 heteroatoms. The zero-order chi connectivity index (χ0) is 39.8. The van der Waals surface area contributed by atoms with Crippen LogP contribution < -0.4 is 27.3 Å². The molecule has 0 unspecified atom stereocenters. The highest BCUT2D eigenvalue weighted by atomic mass is 28.4. The summed E-state index contributed by atoms with van der Waals surface area (Å²) >= 11 is 0. The molecule has 3 amide bonds. The number of anilines is 2. The number of fused-ring (bicyclic) bond motifs is 4. The molecule has 16 nitrogen and oxygen atoms in total. The van der Waals surface area contributed by atoms with E-state index in [1.165, 1.54) is 6.26 Å². The number of nitrogens with zero attached hydrogens (tertiary/aromatic N) is 6. The number of hydrogen-bond acceptors (Lipinski definition) is 10. The van der Waals surface area contributed by atoms with Gasteiger partial charge in [-0.15, -0.1) is 0 Å². The summed E-state index contributed by atoms with van der Waals surface area (Å²) in [6.45, 7) is 16.6. The first-order chi connectivity index (χ1) is 26.0. The third-order valence-electron chi connectivity index (χ3n) is 10.0. The number of furan rings is 1. The van der Waals surface area contributed by atoms with Gasteiger partial charge in [-0.3, -0.25) is 24.4 Å². The van der Waals surface area contributed by atoms with E-state index in [4.69, 9.17) is 35.8 Å². The predicted molar refractivity (Wildman–Crippen MR) is 214 cm³/mol. The predicted octanol–water partition coefficient (Wildman–Crippen LogP) is 5.74. The van der Waals surface area contributed by atoms with Crippen LogP contribution in [-0.4, -0.2) is 68.1 Å². The summed E-state index contributed by atoms with van der Waals surface area (Å²) in [7, 11) is -1.92. The summed E-state index contributed by atoms with van der Waals surface area (Å²) in [5, 5.41) is 7.93. The van der Waals surface area contributed by atoms with Crippen molar-refractivity contribution in [2.75, 3.05) is 24.3 Å². The number of benzene rings is 2. The van der Waals surface area contributed by atoms with Crippen molar-refractivity contribution in [3.05, 3.63) is 71.3 Å². The zero-order valence-corrected chi connectivity index (χ0v) is 33.2. The average Bonchev–Trinajstić information content (AvgIpc) is 3.89. The van der Waals surface area contributed by atoms with Crippen molar-refractivity contribution in [3.8, 4) is 5.75 Å². The third kappa shape index (κ3) is 7.70. The van der Waals surface area contributed by atoms with Crippen LogP contribution in [0.15, 0.2) is 53.2 Å². The van der Waals surface area contributed by atoms with Crippen LogP contribution in [0.3, 0.4) is 0 Å². The minimum absolute atomic E-state index is 0.0891. The number of nitrogens with one attached hydrogen (secondary N) is 1. The first-order valence-corrected chi connectivity index (χ1v) is 21.0. The Morgan fingerprint density at radius 2 is 1.67 bits per heavy atom. The van der Waals surface area contributed by atoms with Gasteiger partial charge < -0.3 is 39.9 Å². The minimum Gasteiger partial charge on any atom is -0.491 e. The summed E-state index contributed by atoms with van der Waals surface area (Å²) in [4.78, 5) is 47.3. The SMILES string of the molecule is CCn1nc(C)cc1C(=O)Nc1nc2cc(C(N)=O)c3ccoc3c2n1C/C=C/Cn1c(N)nc2cc(C(N)=O)cc(OCCCO[Si](C)(C)C(C)(C)C)c21. The van der Waals surface area contributed by atoms with E-state index in [2.05, 4.69) is 49.3 Å². The maximum atomic E-state index is 13.6. The molecule has 0 aliphatic rings. The molecule has 0 aliphatic heterocycles. The van der Waals surface area contributed by atoms with E-state index in [0.717, 1.165) is 0 Å². The van der Waals surface area contributed by atoms with E-state index in [1.54, 1.807) is 44.1 Å². The van der Waals surface area contributed by atoms with E-state index in [-0.39, 0.29) is 41.2 Å². The van der Waals surface area contributed by atoms with Crippen molar-refractivity contribution >= 4 is 71.0 Å². The number of amides is 3. The number of carbonyl (C=O) groups excluding carboxylic acids is 3. The Hall–Kier alpha value is -5.94. The molecule has 7 N–H and O–H groups in total. The Morgan fingerprint density at radius 1 is 0.964 bits per heavy atom. The number of hydrogen-bond donors (Lipinski definition) is 4. The fraction of sp³-hybridized carbons (Fsp3) is 0.368. The van der Waals surface area contributed by atoms with Crippen LogP contribution in [0.2, 0.25) is 18.1 Å². The molecule has 0 spiro atoms. The Morgan fingerprint density at radius 3 is 2.35 bits per heavy atom. The first-order valence-electron chi connectivity index (χ1n) is 18.1. The molecule has 0 atom stereocenters. The Kier molecular flexibility index (Phi) is 10.6. The van der Waals surface area contributed by atoms with E-state index in [0.29, 0.717) is 76.4 Å². The van der Waals surface area contributed by atoms with Crippen molar-refractivity contribution in [2.24, 2.45) is 11.5 Å². The fourth-order valence-corrected chi connectivity index (χ4v) is 7.26. The molecule has 0 saturated carbocycles. The molecule has 0 aliphatic carbocycles. The van der Waals surface area contributed by atoms with Crippen molar-refractivity contribution in [3.63, 3.8) is 0 Å². The molecule has 4 heterocycles. The molecule has 0 saturated heterocycles. The molecule has 6 rings (SSSR count). The summed E-state index contributed by atoms with van der Waals surface area (Å²) in [5.74, 6) is -0.779. The van der Waals surface area contributed by atoms with Gasteiger partial charge in [0.05, 0.1) is 35.2 Å². The highest BCUT2D eigenvalue weighted by Crippen LogP contribution is 2.37. The maximum Gasteiger partial charge on any atom is 0.276 e. The van der Waals surface area contributed by atoms with Crippen LogP contribution in [0, 0.1) is 6.92 Å². The Bertz CT molecular complexity index is 2460. The summed E-state index contributed by atoms with van der Waals surface area (Å²) in [6.07, 6.45) is 5.89. The third-order valence-corrected chi connectivity index (χ3v) is 14.6. The normalized spacial score (nSPS) is 12.4. The van der Waals surface area contributed by atoms with Gasteiger partial charge in [-0.25, -0.2) is 9.97 Å². The lowest BCUT2D eigenvalue weighted by atomic mass is 10.1. The van der Waals surface area contributed by atoms with Crippen molar-refractivity contribution in [1.82, 2.24) is 28.9 Å². The van der Waals surface area contributed by atoms with Gasteiger partial charge >= 0.3 is 0 Å². The second-order valence-corrected chi connectivity index (χ2v) is 19.7. The molecule has 4 aromatic heterocycles. The minimum atomic E-state index is -1.92. The summed E-state index contributed by atoms with van der Waals surface area (Å²) in [6, 6.07) is 8.16. The maximum absolute atomic E-state index is 13.6. The monoisotopic (exact) mass is 768 g/mol. The topological polar surface area (TPSA) is 226 Å². The van der Waals surface area contributed by atoms with Gasteiger partial charge in [0, 0.05) is 43.6 Å². The smallest absolute Gasteiger partial charge is 0.276 e. The Labute approximate surface area is 318 Å². The second kappa shape index (κ2) is 15.1. The van der Waals surface area contributed by atoms with Crippen LogP contribution >= 0.6 is 0 Å². The lowest BCUT2D eigenvalue weighted by Crippen LogP contribution is -2.41. The molecule has 0 bridgehead atoms. The highest BCUT2D eigenvalue weighted by molar-refractivity contribution is 6.74. The number of nitrogen functional groups attached to an aromatic ring is 1. The van der Waals surface area contributed by atoms with Crippen molar-refractivity contribution in [2.45, 2.75) is 78.8 Å². The lowest BCUT2D eigenvalue weighted by molar-refractivity contribution is 0.0992. The largest absolute Gasteiger partial charge is 0.491 e. The zero-order valence-electron chi connectivity index (χ0n) is 32.2. The average molecular weight is 769 g/mol. The molecule has 55 heavy (non-hydrogen) atoms. The Balaban J connectivity index is 1.30. The van der Waals surface area contributed by atoms with Gasteiger partial charge in [0.15, 0.2) is 13.9 Å². The standard InChI is InChI=1S/C38H48N10O6Si/c1-8-48-28(18-22(2)45-48)35(51)44-37-43-27-21-25(34(40)50)24-12-17-53-32(24)31(27)47(37)14-10-9-13-46-30-26(42-36(46)41)19-23(33(39)49)20-29(30)52-15-11-16-54-55(6,7)38(3,4)5/h9-10,12,17-21H,8,11,13-16H2,1-7H3,(H2,39,49)(H2,40,50)(H2,41,42)(H,43,44,51)/b10-9+. The molecule has 0 fully saturated rings. The van der Waals surface area contributed by atoms with Crippen molar-refractivity contribution < 1.29 is 28.0 Å². The van der Waals surface area contributed by atoms with Gasteiger partial charge in [0.25, 0.3) is 5.91 Å². The number of allylic oxidation sites excluding steroid dienone is 2. The van der Waals surface area contributed by atoms with Crippen LogP contribution in [0.1, 0.15) is 71.0 Å². The quantitative estimate of drug-likeness (QED) is 0.0563. The number of aryl methyl sites for hydroxylation is 2. The van der Waals surface area contributed by atoms with E-state index < -0.39 is 26.0 Å². The van der Waals surface area contributed by atoms with Crippen LogP contribution in [0.5, 0.6) is 5.75 Å². The summed E-state index contributed by atoms with van der Waals surface area (Å²) in [5.41, 5.74) is 21.8. The molecule has 6 aromatic rings. The van der Waals surface area contributed by atoms with E-state index in [1.807, 2.05) is 26.0 Å².